The molecule has 0 radical (unpaired) electrons. The van der Waals surface area contributed by atoms with Crippen LogP contribution >= 0.6 is 0 Å². The summed E-state index contributed by atoms with van der Waals surface area (Å²) in [6.07, 6.45) is -13.2. The maximum atomic E-state index is 13.6. The van der Waals surface area contributed by atoms with Crippen molar-refractivity contribution in [3.63, 3.8) is 0 Å². The second-order valence-corrected chi connectivity index (χ2v) is 4.23. The number of hydrogen-bond donors (Lipinski definition) is 1. The van der Waals surface area contributed by atoms with Crippen molar-refractivity contribution in [3.8, 4) is 0 Å². The quantitative estimate of drug-likeness (QED) is 0.805. The molecule has 0 fully saturated rings. The number of aliphatic hydroxyl groups excluding tert-OH is 1. The first-order chi connectivity index (χ1) is 9.02. The Morgan fingerprint density at radius 2 is 1.65 bits per heavy atom. The third kappa shape index (κ3) is 4.66. The fraction of sp³-hybridized carbons (Fsp3) is 0.500. The van der Waals surface area contributed by atoms with Crippen molar-refractivity contribution in [1.29, 1.82) is 0 Å². The van der Waals surface area contributed by atoms with Crippen LogP contribution in [-0.2, 0) is 6.18 Å². The predicted molar refractivity (Wildman–Crippen MR) is 56.3 cm³/mol. The van der Waals surface area contributed by atoms with Gasteiger partial charge in [0.1, 0.15) is 5.82 Å². The molecule has 1 unspecified atom stereocenters. The van der Waals surface area contributed by atoms with Crippen LogP contribution in [0.15, 0.2) is 18.2 Å². The van der Waals surface area contributed by atoms with Gasteiger partial charge in [0.2, 0.25) is 0 Å². The maximum absolute atomic E-state index is 13.6. The Morgan fingerprint density at radius 1 is 1.05 bits per heavy atom. The average Bonchev–Trinajstić information content (AvgIpc) is 2.25. The summed E-state index contributed by atoms with van der Waals surface area (Å²) in [7, 11) is 0. The second kappa shape index (κ2) is 5.99. The summed E-state index contributed by atoms with van der Waals surface area (Å²) in [5, 5.41) is 9.51. The first kappa shape index (κ1) is 16.7. The lowest BCUT2D eigenvalue weighted by Gasteiger charge is -2.15. The first-order valence-corrected chi connectivity index (χ1v) is 5.63. The zero-order valence-electron chi connectivity index (χ0n) is 10.0. The predicted octanol–water partition coefficient (Wildman–Crippen LogP) is 4.61. The van der Waals surface area contributed by atoms with Gasteiger partial charge in [-0.05, 0) is 18.9 Å². The van der Waals surface area contributed by atoms with Crippen molar-refractivity contribution in [2.45, 2.75) is 37.7 Å². The molecular formula is C12H11F7O. The molecule has 0 saturated carbocycles. The Labute approximate surface area is 110 Å². The molecule has 0 bridgehead atoms. The first-order valence-electron chi connectivity index (χ1n) is 5.63. The Morgan fingerprint density at radius 3 is 2.15 bits per heavy atom. The van der Waals surface area contributed by atoms with Gasteiger partial charge in [-0.3, -0.25) is 0 Å². The molecule has 8 heteroatoms. The molecule has 0 heterocycles. The second-order valence-electron chi connectivity index (χ2n) is 4.23. The normalized spacial score (nSPS) is 14.4. The topological polar surface area (TPSA) is 20.2 Å². The van der Waals surface area contributed by atoms with E-state index in [1.54, 1.807) is 0 Å². The molecule has 1 aromatic carbocycles. The standard InChI is InChI=1S/C12H11F7O/c13-10-7(3-1-4-8(10)12(17,18)19)9(20)5-2-6-11(14,15)16/h1,3-4,9,20H,2,5-6H2. The molecule has 0 aliphatic heterocycles. The summed E-state index contributed by atoms with van der Waals surface area (Å²) in [4.78, 5) is 0. The molecule has 1 aromatic rings. The number of halogens is 7. The molecule has 0 spiro atoms. The van der Waals surface area contributed by atoms with Gasteiger partial charge >= 0.3 is 12.4 Å². The highest BCUT2D eigenvalue weighted by Crippen LogP contribution is 2.35. The van der Waals surface area contributed by atoms with Crippen LogP contribution < -0.4 is 0 Å². The van der Waals surface area contributed by atoms with Gasteiger partial charge in [-0.2, -0.15) is 26.3 Å². The Hall–Kier alpha value is -1.31. The Kier molecular flexibility index (Phi) is 5.01. The van der Waals surface area contributed by atoms with E-state index in [9.17, 15) is 35.8 Å². The van der Waals surface area contributed by atoms with Crippen LogP contribution in [0.4, 0.5) is 30.7 Å². The molecular weight excluding hydrogens is 293 g/mol. The minimum absolute atomic E-state index is 0.474. The van der Waals surface area contributed by atoms with Crippen molar-refractivity contribution in [2.24, 2.45) is 0 Å². The number of aliphatic hydroxyl groups is 1. The maximum Gasteiger partial charge on any atom is 0.419 e. The molecule has 0 aliphatic rings. The lowest BCUT2D eigenvalue weighted by atomic mass is 10.0. The number of benzene rings is 1. The van der Waals surface area contributed by atoms with E-state index in [0.29, 0.717) is 6.07 Å². The minimum atomic E-state index is -4.92. The monoisotopic (exact) mass is 304 g/mol. The van der Waals surface area contributed by atoms with Crippen LogP contribution in [0.2, 0.25) is 0 Å². The van der Waals surface area contributed by atoms with Crippen LogP contribution in [0.1, 0.15) is 36.5 Å². The SMILES string of the molecule is OC(CCCC(F)(F)F)c1cccc(C(F)(F)F)c1F. The van der Waals surface area contributed by atoms with Crippen LogP contribution in [0.3, 0.4) is 0 Å². The molecule has 114 valence electrons. The summed E-state index contributed by atoms with van der Waals surface area (Å²) < 4.78 is 86.6. The molecule has 1 nitrogen and oxygen atoms in total. The van der Waals surface area contributed by atoms with Gasteiger partial charge in [-0.15, -0.1) is 0 Å². The molecule has 20 heavy (non-hydrogen) atoms. The van der Waals surface area contributed by atoms with E-state index in [0.717, 1.165) is 12.1 Å². The van der Waals surface area contributed by atoms with Gasteiger partial charge in [0.05, 0.1) is 11.7 Å². The van der Waals surface area contributed by atoms with E-state index in [-0.39, 0.29) is 0 Å². The summed E-state index contributed by atoms with van der Waals surface area (Å²) in [6, 6.07) is 2.32. The molecule has 0 aliphatic carbocycles. The molecule has 0 saturated heterocycles. The number of alkyl halides is 6. The Bertz CT molecular complexity index is 450. The fourth-order valence-electron chi connectivity index (χ4n) is 1.68. The van der Waals surface area contributed by atoms with Crippen molar-refractivity contribution < 1.29 is 35.8 Å². The average molecular weight is 304 g/mol. The number of hydrogen-bond acceptors (Lipinski definition) is 1. The van der Waals surface area contributed by atoms with Gasteiger partial charge in [0.25, 0.3) is 0 Å². The van der Waals surface area contributed by atoms with Gasteiger partial charge in [0.15, 0.2) is 0 Å². The van der Waals surface area contributed by atoms with Crippen molar-refractivity contribution in [1.82, 2.24) is 0 Å². The van der Waals surface area contributed by atoms with Crippen LogP contribution in [0.5, 0.6) is 0 Å². The smallest absolute Gasteiger partial charge is 0.388 e. The van der Waals surface area contributed by atoms with E-state index in [1.807, 2.05) is 0 Å². The molecule has 1 rings (SSSR count). The van der Waals surface area contributed by atoms with Crippen molar-refractivity contribution >= 4 is 0 Å². The van der Waals surface area contributed by atoms with Gasteiger partial charge in [-0.25, -0.2) is 4.39 Å². The fourth-order valence-corrected chi connectivity index (χ4v) is 1.68. The zero-order chi connectivity index (χ0) is 15.6. The third-order valence-corrected chi connectivity index (χ3v) is 2.63. The van der Waals surface area contributed by atoms with E-state index in [4.69, 9.17) is 0 Å². The molecule has 0 amide bonds. The van der Waals surface area contributed by atoms with Gasteiger partial charge in [0, 0.05) is 12.0 Å². The van der Waals surface area contributed by atoms with E-state index < -0.39 is 54.7 Å². The summed E-state index contributed by atoms with van der Waals surface area (Å²) in [5.41, 5.74) is -2.20. The van der Waals surface area contributed by atoms with E-state index >= 15 is 0 Å². The highest BCUT2D eigenvalue weighted by Gasteiger charge is 2.35. The zero-order valence-corrected chi connectivity index (χ0v) is 10.0. The highest BCUT2D eigenvalue weighted by molar-refractivity contribution is 5.29. The molecule has 1 N–H and O–H groups in total. The third-order valence-electron chi connectivity index (χ3n) is 2.63. The van der Waals surface area contributed by atoms with Crippen LogP contribution in [-0.4, -0.2) is 11.3 Å². The number of rotatable bonds is 4. The minimum Gasteiger partial charge on any atom is -0.388 e. The highest BCUT2D eigenvalue weighted by atomic mass is 19.4. The summed E-state index contributed by atoms with van der Waals surface area (Å²) in [6.45, 7) is 0. The molecule has 1 atom stereocenters. The summed E-state index contributed by atoms with van der Waals surface area (Å²) >= 11 is 0. The van der Waals surface area contributed by atoms with E-state index in [2.05, 4.69) is 0 Å². The van der Waals surface area contributed by atoms with Gasteiger partial charge < -0.3 is 5.11 Å². The molecule has 0 aromatic heterocycles. The van der Waals surface area contributed by atoms with Crippen molar-refractivity contribution in [3.05, 3.63) is 35.1 Å². The van der Waals surface area contributed by atoms with Gasteiger partial charge in [-0.1, -0.05) is 12.1 Å². The van der Waals surface area contributed by atoms with Crippen molar-refractivity contribution in [2.75, 3.05) is 0 Å². The van der Waals surface area contributed by atoms with E-state index in [1.165, 1.54) is 0 Å². The lowest BCUT2D eigenvalue weighted by molar-refractivity contribution is -0.140. The largest absolute Gasteiger partial charge is 0.419 e. The van der Waals surface area contributed by atoms with Crippen LogP contribution in [0, 0.1) is 5.82 Å². The lowest BCUT2D eigenvalue weighted by Crippen LogP contribution is -2.12. The Balaban J connectivity index is 2.81. The van der Waals surface area contributed by atoms with Crippen LogP contribution in [0.25, 0.3) is 0 Å². The summed E-state index contributed by atoms with van der Waals surface area (Å²) in [5.74, 6) is -1.65.